The van der Waals surface area contributed by atoms with Gasteiger partial charge in [0, 0.05) is 11.6 Å². The van der Waals surface area contributed by atoms with Gasteiger partial charge in [-0.05, 0) is 31.9 Å². The van der Waals surface area contributed by atoms with Gasteiger partial charge in [0.05, 0.1) is 23.8 Å². The number of nitrogens with zero attached hydrogens (tertiary/aromatic N) is 3. The number of carbonyl (C=O) groups is 1. The summed E-state index contributed by atoms with van der Waals surface area (Å²) in [6.45, 7) is 1.96. The van der Waals surface area contributed by atoms with Crippen LogP contribution in [-0.2, 0) is 0 Å². The number of aromatic amines is 1. The number of rotatable bonds is 3. The van der Waals surface area contributed by atoms with Crippen LogP contribution in [0.3, 0.4) is 0 Å². The summed E-state index contributed by atoms with van der Waals surface area (Å²) in [5, 5.41) is 9.96. The first kappa shape index (κ1) is 12.1. The van der Waals surface area contributed by atoms with Crippen molar-refractivity contribution in [2.45, 2.75) is 25.7 Å². The van der Waals surface area contributed by atoms with E-state index < -0.39 is 0 Å². The summed E-state index contributed by atoms with van der Waals surface area (Å²) in [4.78, 5) is 16.8. The van der Waals surface area contributed by atoms with Crippen LogP contribution in [0.1, 0.15) is 40.6 Å². The Balaban J connectivity index is 1.69. The van der Waals surface area contributed by atoms with Crippen LogP contribution in [0.5, 0.6) is 0 Å². The van der Waals surface area contributed by atoms with E-state index in [4.69, 9.17) is 0 Å². The van der Waals surface area contributed by atoms with Crippen molar-refractivity contribution in [3.05, 3.63) is 47.7 Å². The van der Waals surface area contributed by atoms with Gasteiger partial charge in [-0.1, -0.05) is 6.07 Å². The molecule has 3 aromatic heterocycles. The van der Waals surface area contributed by atoms with E-state index in [1.807, 2.05) is 29.5 Å². The Hall–Kier alpha value is -2.63. The molecule has 1 amide bonds. The van der Waals surface area contributed by atoms with E-state index in [0.29, 0.717) is 11.6 Å². The molecule has 0 aliphatic heterocycles. The number of amides is 1. The molecule has 6 heteroatoms. The van der Waals surface area contributed by atoms with Crippen LogP contribution in [0.15, 0.2) is 30.6 Å². The first-order valence-electron chi connectivity index (χ1n) is 7.02. The van der Waals surface area contributed by atoms with Crippen molar-refractivity contribution in [2.75, 3.05) is 5.32 Å². The van der Waals surface area contributed by atoms with Crippen molar-refractivity contribution >= 4 is 17.2 Å². The molecule has 1 saturated carbocycles. The largest absolute Gasteiger partial charge is 0.318 e. The Morgan fingerprint density at radius 1 is 1.38 bits per heavy atom. The molecule has 0 bridgehead atoms. The lowest BCUT2D eigenvalue weighted by Crippen LogP contribution is -2.15. The fourth-order valence-electron chi connectivity index (χ4n) is 2.63. The van der Waals surface area contributed by atoms with Gasteiger partial charge in [0.1, 0.15) is 11.3 Å². The summed E-state index contributed by atoms with van der Waals surface area (Å²) in [5.41, 5.74) is 4.07. The van der Waals surface area contributed by atoms with Gasteiger partial charge < -0.3 is 5.32 Å². The predicted molar refractivity (Wildman–Crippen MR) is 78.4 cm³/mol. The van der Waals surface area contributed by atoms with Crippen molar-refractivity contribution in [3.63, 3.8) is 0 Å². The first-order chi connectivity index (χ1) is 10.2. The van der Waals surface area contributed by atoms with Crippen molar-refractivity contribution < 1.29 is 4.79 Å². The summed E-state index contributed by atoms with van der Waals surface area (Å²) in [6.07, 6.45) is 5.58. The first-order valence-corrected chi connectivity index (χ1v) is 7.02. The number of anilines is 1. The Morgan fingerprint density at radius 3 is 3.05 bits per heavy atom. The molecular weight excluding hydrogens is 266 g/mol. The average Bonchev–Trinajstić information content (AvgIpc) is 3.05. The van der Waals surface area contributed by atoms with Crippen LogP contribution in [0.2, 0.25) is 0 Å². The molecular formula is C15H15N5O. The van der Waals surface area contributed by atoms with Crippen molar-refractivity contribution in [3.8, 4) is 0 Å². The number of hydrogen-bond donors (Lipinski definition) is 2. The number of imidazole rings is 1. The van der Waals surface area contributed by atoms with Crippen LogP contribution >= 0.6 is 0 Å². The van der Waals surface area contributed by atoms with Gasteiger partial charge in [0.25, 0.3) is 5.91 Å². The number of aromatic nitrogens is 4. The van der Waals surface area contributed by atoms with Gasteiger partial charge in [-0.2, -0.15) is 5.10 Å². The number of hydrogen-bond acceptors (Lipinski definition) is 3. The van der Waals surface area contributed by atoms with Crippen LogP contribution in [-0.4, -0.2) is 25.5 Å². The highest BCUT2D eigenvalue weighted by molar-refractivity contribution is 6.03. The minimum Gasteiger partial charge on any atom is -0.318 e. The van der Waals surface area contributed by atoms with E-state index in [9.17, 15) is 4.79 Å². The molecule has 0 aromatic carbocycles. The second-order valence-electron chi connectivity index (χ2n) is 5.43. The molecule has 6 nitrogen and oxygen atoms in total. The number of pyridine rings is 1. The maximum Gasteiger partial charge on any atom is 0.274 e. The third-order valence-corrected chi connectivity index (χ3v) is 3.86. The predicted octanol–water partition coefficient (Wildman–Crippen LogP) is 2.50. The zero-order valence-electron chi connectivity index (χ0n) is 11.6. The molecule has 21 heavy (non-hydrogen) atoms. The molecule has 3 aromatic rings. The zero-order valence-corrected chi connectivity index (χ0v) is 11.6. The van der Waals surface area contributed by atoms with Crippen LogP contribution in [0, 0.1) is 6.92 Å². The fraction of sp³-hybridized carbons (Fsp3) is 0.267. The van der Waals surface area contributed by atoms with Gasteiger partial charge in [-0.25, -0.2) is 4.98 Å². The Labute approximate surface area is 121 Å². The van der Waals surface area contributed by atoms with E-state index in [1.165, 1.54) is 0 Å². The fourth-order valence-corrected chi connectivity index (χ4v) is 2.63. The maximum atomic E-state index is 12.5. The molecule has 1 aliphatic carbocycles. The van der Waals surface area contributed by atoms with E-state index in [2.05, 4.69) is 20.5 Å². The molecule has 106 valence electrons. The smallest absolute Gasteiger partial charge is 0.274 e. The standard InChI is InChI=1S/C15H15N5O/c1-9-3-2-4-13-16-8-12(20(9)13)15(21)18-11-7-17-19-14(11)10-5-6-10/h2-4,7-8,10H,5-6H2,1H3,(H,17,19)(H,18,21). The highest BCUT2D eigenvalue weighted by Crippen LogP contribution is 2.42. The molecule has 1 aliphatic rings. The van der Waals surface area contributed by atoms with Gasteiger partial charge in [0.2, 0.25) is 0 Å². The number of H-pyrrole nitrogens is 1. The Morgan fingerprint density at radius 2 is 2.24 bits per heavy atom. The van der Waals surface area contributed by atoms with Crippen molar-refractivity contribution in [2.24, 2.45) is 0 Å². The number of carbonyl (C=O) groups excluding carboxylic acids is 1. The highest BCUT2D eigenvalue weighted by atomic mass is 16.2. The van der Waals surface area contributed by atoms with Crippen LogP contribution in [0.4, 0.5) is 5.69 Å². The molecule has 0 radical (unpaired) electrons. The minimum atomic E-state index is -0.167. The summed E-state index contributed by atoms with van der Waals surface area (Å²) in [7, 11) is 0. The van der Waals surface area contributed by atoms with Crippen molar-refractivity contribution in [1.82, 2.24) is 19.6 Å². The molecule has 4 rings (SSSR count). The summed E-state index contributed by atoms with van der Waals surface area (Å²) < 4.78 is 1.85. The third-order valence-electron chi connectivity index (χ3n) is 3.86. The number of fused-ring (bicyclic) bond motifs is 1. The lowest BCUT2D eigenvalue weighted by atomic mass is 10.2. The lowest BCUT2D eigenvalue weighted by molar-refractivity contribution is 0.102. The number of nitrogens with one attached hydrogen (secondary N) is 2. The molecule has 0 spiro atoms. The van der Waals surface area contributed by atoms with E-state index in [-0.39, 0.29) is 5.91 Å². The lowest BCUT2D eigenvalue weighted by Gasteiger charge is -2.07. The molecule has 3 heterocycles. The maximum absolute atomic E-state index is 12.5. The monoisotopic (exact) mass is 281 g/mol. The van der Waals surface area contributed by atoms with Crippen molar-refractivity contribution in [1.29, 1.82) is 0 Å². The average molecular weight is 281 g/mol. The molecule has 0 atom stereocenters. The van der Waals surface area contributed by atoms with E-state index in [0.717, 1.165) is 35.6 Å². The Bertz CT molecular complexity index is 828. The second kappa shape index (κ2) is 4.44. The van der Waals surface area contributed by atoms with Gasteiger partial charge in [0.15, 0.2) is 0 Å². The highest BCUT2D eigenvalue weighted by Gasteiger charge is 2.28. The third kappa shape index (κ3) is 1.99. The van der Waals surface area contributed by atoms with E-state index >= 15 is 0 Å². The summed E-state index contributed by atoms with van der Waals surface area (Å²) in [5.74, 6) is 0.340. The quantitative estimate of drug-likeness (QED) is 0.774. The molecule has 1 fully saturated rings. The molecule has 2 N–H and O–H groups in total. The minimum absolute atomic E-state index is 0.167. The van der Waals surface area contributed by atoms with E-state index in [1.54, 1.807) is 12.4 Å². The molecule has 0 unspecified atom stereocenters. The topological polar surface area (TPSA) is 75.1 Å². The zero-order chi connectivity index (χ0) is 14.4. The van der Waals surface area contributed by atoms with Crippen LogP contribution < -0.4 is 5.32 Å². The normalized spacial score (nSPS) is 14.5. The van der Waals surface area contributed by atoms with Crippen LogP contribution in [0.25, 0.3) is 5.65 Å². The summed E-state index contributed by atoms with van der Waals surface area (Å²) in [6, 6.07) is 5.77. The van der Waals surface area contributed by atoms with Gasteiger partial charge in [-0.3, -0.25) is 14.3 Å². The van der Waals surface area contributed by atoms with Gasteiger partial charge >= 0.3 is 0 Å². The SMILES string of the molecule is Cc1cccc2ncc(C(=O)Nc3cn[nH]c3C3CC3)n12. The Kier molecular flexibility index (Phi) is 2.57. The second-order valence-corrected chi connectivity index (χ2v) is 5.43. The summed E-state index contributed by atoms with van der Waals surface area (Å²) >= 11 is 0. The molecule has 0 saturated heterocycles. The van der Waals surface area contributed by atoms with Gasteiger partial charge in [-0.15, -0.1) is 0 Å². The number of aryl methyl sites for hydroxylation is 1.